The number of nitrogens with zero attached hydrogens (tertiary/aromatic N) is 6. The number of nitrogen functional groups attached to an aromatic ring is 1. The lowest BCUT2D eigenvalue weighted by molar-refractivity contribution is -0.131. The van der Waals surface area contributed by atoms with Crippen molar-refractivity contribution in [3.8, 4) is 23.2 Å². The molecule has 4 aromatic rings. The van der Waals surface area contributed by atoms with Gasteiger partial charge in [0, 0.05) is 35.5 Å². The Bertz CT molecular complexity index is 2180. The van der Waals surface area contributed by atoms with E-state index in [9.17, 15) is 14.4 Å². The lowest BCUT2D eigenvalue weighted by Gasteiger charge is -2.31. The molecule has 0 radical (unpaired) electrons. The van der Waals surface area contributed by atoms with Crippen LogP contribution < -0.4 is 20.7 Å². The highest BCUT2D eigenvalue weighted by molar-refractivity contribution is 7.23. The van der Waals surface area contributed by atoms with Gasteiger partial charge in [0.2, 0.25) is 5.91 Å². The number of ether oxygens (including phenoxy) is 1. The third kappa shape index (κ3) is 4.86. The Morgan fingerprint density at radius 2 is 1.90 bits per heavy atom. The molecule has 2 aromatic carbocycles. The average Bonchev–Trinajstić information content (AvgIpc) is 3.85. The van der Waals surface area contributed by atoms with Crippen molar-refractivity contribution in [1.82, 2.24) is 25.1 Å². The number of nitrogens with two attached hydrogens (primary N) is 1. The van der Waals surface area contributed by atoms with Crippen molar-refractivity contribution in [3.63, 3.8) is 0 Å². The number of carbonyl (C=O) groups excluding carboxylic acids is 1. The number of fused-ring (bicyclic) bond motifs is 4. The van der Waals surface area contributed by atoms with Gasteiger partial charge in [-0.05, 0) is 88.1 Å². The van der Waals surface area contributed by atoms with E-state index in [2.05, 4.69) is 21.2 Å². The largest absolute Gasteiger partial charge is 0.461 e. The molecule has 51 heavy (non-hydrogen) atoms. The molecule has 3 N–H and O–H groups in total. The molecule has 10 rings (SSSR count). The van der Waals surface area contributed by atoms with Crippen LogP contribution in [0.25, 0.3) is 32.1 Å². The summed E-state index contributed by atoms with van der Waals surface area (Å²) in [7, 11) is 0. The minimum Gasteiger partial charge on any atom is -0.461 e. The van der Waals surface area contributed by atoms with Gasteiger partial charge in [0.05, 0.1) is 32.9 Å². The molecule has 1 amide bonds. The van der Waals surface area contributed by atoms with Gasteiger partial charge in [-0.15, -0.1) is 11.3 Å². The van der Waals surface area contributed by atoms with Crippen LogP contribution in [0.5, 0.6) is 6.01 Å². The van der Waals surface area contributed by atoms with Crippen LogP contribution in [-0.2, 0) is 4.79 Å². The first-order chi connectivity index (χ1) is 24.8. The van der Waals surface area contributed by atoms with Crippen LogP contribution in [0.2, 0.25) is 5.02 Å². The van der Waals surface area contributed by atoms with Gasteiger partial charge in [0.25, 0.3) is 0 Å². The van der Waals surface area contributed by atoms with Crippen molar-refractivity contribution in [2.45, 2.75) is 81.1 Å². The van der Waals surface area contributed by atoms with Gasteiger partial charge in [-0.25, -0.2) is 8.78 Å². The number of benzene rings is 2. The number of halogens is 3. The minimum atomic E-state index is -0.709. The zero-order valence-electron chi connectivity index (χ0n) is 27.9. The highest BCUT2D eigenvalue weighted by Crippen LogP contribution is 2.48. The molecule has 4 atom stereocenters. The number of rotatable bonds is 7. The topological polar surface area (TPSA) is 134 Å². The summed E-state index contributed by atoms with van der Waals surface area (Å²) >= 11 is 7.91. The van der Waals surface area contributed by atoms with Gasteiger partial charge in [-0.1, -0.05) is 17.7 Å². The lowest BCUT2D eigenvalue weighted by Crippen LogP contribution is -2.43. The van der Waals surface area contributed by atoms with E-state index in [1.807, 2.05) is 4.90 Å². The first kappa shape index (κ1) is 31.9. The summed E-state index contributed by atoms with van der Waals surface area (Å²) in [6.45, 7) is 3.78. The number of hydrogen-bond acceptors (Lipinski definition) is 10. The molecular formula is C37H37ClF2N8O2S. The van der Waals surface area contributed by atoms with Crippen LogP contribution in [0.15, 0.2) is 18.2 Å². The molecule has 0 spiro atoms. The van der Waals surface area contributed by atoms with Crippen LogP contribution in [-0.4, -0.2) is 88.2 Å². The Kier molecular flexibility index (Phi) is 7.24. The van der Waals surface area contributed by atoms with E-state index in [1.165, 1.54) is 25.0 Å². The lowest BCUT2D eigenvalue weighted by atomic mass is 9.95. The van der Waals surface area contributed by atoms with Gasteiger partial charge < -0.3 is 20.3 Å². The van der Waals surface area contributed by atoms with Crippen molar-refractivity contribution < 1.29 is 18.3 Å². The van der Waals surface area contributed by atoms with E-state index in [1.54, 1.807) is 6.07 Å². The number of aromatic nitrogens is 2. The zero-order valence-corrected chi connectivity index (χ0v) is 29.5. The quantitative estimate of drug-likeness (QED) is 0.225. The molecule has 6 fully saturated rings. The number of nitrogens with one attached hydrogen (secondary N) is 1. The fraction of sp³-hybridized carbons (Fsp3) is 0.514. The summed E-state index contributed by atoms with van der Waals surface area (Å²) in [4.78, 5) is 30.0. The first-order valence-electron chi connectivity index (χ1n) is 18.1. The van der Waals surface area contributed by atoms with Gasteiger partial charge >= 0.3 is 6.01 Å². The fourth-order valence-electron chi connectivity index (χ4n) is 9.80. The van der Waals surface area contributed by atoms with Gasteiger partial charge in [0.1, 0.15) is 40.9 Å². The van der Waals surface area contributed by atoms with Gasteiger partial charge in [-0.2, -0.15) is 15.2 Å². The number of carbonyl (C=O) groups is 1. The standard InChI is InChI=1S/C37H37ClF2N8O2S/c38-22-15-20-30(28(40)27(22)19-5-6-23(39)32-26(19)21(16-41)33(42)51-32)44-36(50-17-37-9-1-11-46(37)12-2-10-37)45-34(20)47-13-7-25-24(47)8-14-48(25)35(49)31-29(43-31)18-3-4-18/h5-6,15,18,24-25,29,31,43H,1-4,7-14,17,42H2/t24?,25?,29-,31+/m0/s1. The molecule has 10 nitrogen and oxygen atoms in total. The normalized spacial score (nSPS) is 26.6. The molecule has 2 unspecified atom stereocenters. The smallest absolute Gasteiger partial charge is 0.319 e. The van der Waals surface area contributed by atoms with E-state index < -0.39 is 11.6 Å². The van der Waals surface area contributed by atoms with Crippen LogP contribution in [0.3, 0.4) is 0 Å². The van der Waals surface area contributed by atoms with Crippen molar-refractivity contribution in [3.05, 3.63) is 40.4 Å². The van der Waals surface area contributed by atoms with Crippen LogP contribution in [0.1, 0.15) is 56.9 Å². The maximum Gasteiger partial charge on any atom is 0.319 e. The Hall–Kier alpha value is -3.83. The van der Waals surface area contributed by atoms with Crippen molar-refractivity contribution in [1.29, 1.82) is 5.26 Å². The Balaban J connectivity index is 1.07. The molecule has 7 heterocycles. The van der Waals surface area contributed by atoms with E-state index in [-0.39, 0.29) is 77.9 Å². The Morgan fingerprint density at radius 1 is 1.12 bits per heavy atom. The molecular weight excluding hydrogens is 694 g/mol. The molecule has 1 saturated carbocycles. The molecule has 264 valence electrons. The summed E-state index contributed by atoms with van der Waals surface area (Å²) in [5.41, 5.74) is 6.43. The summed E-state index contributed by atoms with van der Waals surface area (Å²) < 4.78 is 38.8. The number of likely N-dealkylation sites (tertiary alicyclic amines) is 1. The van der Waals surface area contributed by atoms with E-state index in [4.69, 9.17) is 32.0 Å². The number of hydrogen-bond donors (Lipinski definition) is 2. The van der Waals surface area contributed by atoms with Crippen molar-refractivity contribution in [2.24, 2.45) is 5.92 Å². The minimum absolute atomic E-state index is 0.00183. The number of amides is 1. The number of nitriles is 1. The summed E-state index contributed by atoms with van der Waals surface area (Å²) in [5, 5.41) is 14.2. The highest BCUT2D eigenvalue weighted by atomic mass is 35.5. The number of thiophene rings is 1. The molecule has 6 aliphatic rings. The third-order valence-corrected chi connectivity index (χ3v) is 13.8. The van der Waals surface area contributed by atoms with E-state index in [0.717, 1.165) is 63.0 Å². The highest BCUT2D eigenvalue weighted by Gasteiger charge is 2.55. The Labute approximate surface area is 302 Å². The predicted octanol–water partition coefficient (Wildman–Crippen LogP) is 5.83. The van der Waals surface area contributed by atoms with Crippen molar-refractivity contribution in [2.75, 3.05) is 43.4 Å². The van der Waals surface area contributed by atoms with Gasteiger partial charge in [0.15, 0.2) is 5.82 Å². The molecule has 5 aliphatic heterocycles. The van der Waals surface area contributed by atoms with E-state index >= 15 is 4.39 Å². The third-order valence-electron chi connectivity index (χ3n) is 12.5. The summed E-state index contributed by atoms with van der Waals surface area (Å²) in [6, 6.07) is 6.75. The maximum absolute atomic E-state index is 17.2. The second kappa shape index (κ2) is 11.6. The molecule has 14 heteroatoms. The zero-order chi connectivity index (χ0) is 34.8. The first-order valence-corrected chi connectivity index (χ1v) is 19.3. The van der Waals surface area contributed by atoms with Crippen LogP contribution in [0, 0.1) is 28.9 Å². The summed E-state index contributed by atoms with van der Waals surface area (Å²) in [5.74, 6) is 0.0786. The van der Waals surface area contributed by atoms with Gasteiger partial charge in [-0.3, -0.25) is 15.0 Å². The van der Waals surface area contributed by atoms with E-state index in [0.29, 0.717) is 42.9 Å². The summed E-state index contributed by atoms with van der Waals surface area (Å²) in [6.07, 6.45) is 8.22. The molecule has 1 aliphatic carbocycles. The molecule has 0 bridgehead atoms. The fourth-order valence-corrected chi connectivity index (χ4v) is 11.0. The molecule has 2 aromatic heterocycles. The number of anilines is 2. The van der Waals surface area contributed by atoms with Crippen LogP contribution >= 0.6 is 22.9 Å². The van der Waals surface area contributed by atoms with Crippen molar-refractivity contribution >= 4 is 60.7 Å². The Morgan fingerprint density at radius 3 is 2.67 bits per heavy atom. The predicted molar refractivity (Wildman–Crippen MR) is 192 cm³/mol. The SMILES string of the molecule is N#Cc1c(N)sc2c(F)ccc(-c3c(Cl)cc4c(N5CCC6C5CCN6C(=O)[C@@H]5N[C@H]5C5CC5)nc(OCC56CCCN5CCC6)nc4c3F)c12. The monoisotopic (exact) mass is 730 g/mol. The second-order valence-electron chi connectivity index (χ2n) is 15.2. The second-order valence-corrected chi connectivity index (χ2v) is 16.6. The molecule has 5 saturated heterocycles. The van der Waals surface area contributed by atoms with Crippen LogP contribution in [0.4, 0.5) is 19.6 Å². The maximum atomic E-state index is 17.2. The average molecular weight is 731 g/mol.